The summed E-state index contributed by atoms with van der Waals surface area (Å²) in [5.74, 6) is 2.07. The smallest absolute Gasteiger partial charge is 0.323 e. The van der Waals surface area contributed by atoms with Gasteiger partial charge >= 0.3 is 5.16 Å². The van der Waals surface area contributed by atoms with Crippen LogP contribution in [0.15, 0.2) is 66.0 Å². The Morgan fingerprint density at radius 2 is 1.79 bits per heavy atom. The van der Waals surface area contributed by atoms with E-state index in [0.29, 0.717) is 0 Å². The topological polar surface area (TPSA) is 18.0 Å². The number of fused-ring (bicyclic) bond motifs is 1. The van der Waals surface area contributed by atoms with Crippen LogP contribution in [0.5, 0.6) is 5.75 Å². The molecule has 0 aliphatic carbocycles. The first kappa shape index (κ1) is 17.1. The fourth-order valence-electron chi connectivity index (χ4n) is 2.99. The molecule has 0 saturated carbocycles. The minimum atomic E-state index is 0. The molecule has 0 amide bonds. The van der Waals surface area contributed by atoms with Crippen molar-refractivity contribution in [3.63, 3.8) is 0 Å². The number of para-hydroxylation sites is 1. The van der Waals surface area contributed by atoms with Crippen molar-refractivity contribution in [2.45, 2.75) is 18.1 Å². The number of methoxy groups -OCH3 is 1. The van der Waals surface area contributed by atoms with Gasteiger partial charge in [0.1, 0.15) is 17.6 Å². The number of imidazole rings is 1. The SMILES string of the molecule is COc1ccc(-c2c[n+]3c(n2-c2ccccc2)SCCC3)cc1.[Br-]. The van der Waals surface area contributed by atoms with Crippen LogP contribution in [0.25, 0.3) is 16.9 Å². The summed E-state index contributed by atoms with van der Waals surface area (Å²) in [6, 6.07) is 18.9. The molecule has 3 nitrogen and oxygen atoms in total. The van der Waals surface area contributed by atoms with E-state index in [0.717, 1.165) is 12.3 Å². The van der Waals surface area contributed by atoms with Crippen molar-refractivity contribution in [3.8, 4) is 22.7 Å². The summed E-state index contributed by atoms with van der Waals surface area (Å²) >= 11 is 1.93. The Kier molecular flexibility index (Phi) is 5.31. The molecule has 0 saturated heterocycles. The second kappa shape index (κ2) is 7.45. The van der Waals surface area contributed by atoms with E-state index in [4.69, 9.17) is 4.74 Å². The van der Waals surface area contributed by atoms with Crippen molar-refractivity contribution in [3.05, 3.63) is 60.8 Å². The molecule has 1 aliphatic rings. The van der Waals surface area contributed by atoms with E-state index in [1.165, 1.54) is 34.3 Å². The molecule has 3 aromatic rings. The number of aromatic nitrogens is 2. The number of benzene rings is 2. The van der Waals surface area contributed by atoms with Gasteiger partial charge < -0.3 is 21.7 Å². The number of hydrogen-bond donors (Lipinski definition) is 0. The average molecular weight is 403 g/mol. The maximum absolute atomic E-state index is 5.29. The molecule has 0 atom stereocenters. The summed E-state index contributed by atoms with van der Waals surface area (Å²) in [5.41, 5.74) is 3.64. The highest BCUT2D eigenvalue weighted by atomic mass is 79.9. The van der Waals surface area contributed by atoms with E-state index >= 15 is 0 Å². The van der Waals surface area contributed by atoms with Crippen molar-refractivity contribution in [1.29, 1.82) is 0 Å². The van der Waals surface area contributed by atoms with E-state index in [2.05, 4.69) is 57.8 Å². The molecule has 0 unspecified atom stereocenters. The van der Waals surface area contributed by atoms with Crippen LogP contribution in [-0.2, 0) is 6.54 Å². The van der Waals surface area contributed by atoms with Gasteiger partial charge in [0.05, 0.1) is 13.7 Å². The molecule has 124 valence electrons. The maximum Gasteiger partial charge on any atom is 0.323 e. The molecule has 2 aromatic carbocycles. The summed E-state index contributed by atoms with van der Waals surface area (Å²) in [4.78, 5) is 0. The Labute approximate surface area is 157 Å². The van der Waals surface area contributed by atoms with Crippen molar-refractivity contribution in [2.24, 2.45) is 0 Å². The number of thioether (sulfide) groups is 1. The molecule has 4 rings (SSSR count). The molecule has 1 aromatic heterocycles. The zero-order valence-electron chi connectivity index (χ0n) is 13.5. The largest absolute Gasteiger partial charge is 1.00 e. The fraction of sp³-hybridized carbons (Fsp3) is 0.211. The predicted molar refractivity (Wildman–Crippen MR) is 93.3 cm³/mol. The van der Waals surface area contributed by atoms with Gasteiger partial charge in [-0.1, -0.05) is 18.2 Å². The van der Waals surface area contributed by atoms with Crippen LogP contribution in [-0.4, -0.2) is 17.4 Å². The highest BCUT2D eigenvalue weighted by molar-refractivity contribution is 7.99. The molecule has 2 heterocycles. The number of rotatable bonds is 3. The van der Waals surface area contributed by atoms with Crippen molar-refractivity contribution in [2.75, 3.05) is 12.9 Å². The van der Waals surface area contributed by atoms with E-state index < -0.39 is 0 Å². The van der Waals surface area contributed by atoms with E-state index in [1.54, 1.807) is 7.11 Å². The molecular formula is C19H19BrN2OS. The molecular weight excluding hydrogens is 384 g/mol. The molecule has 0 fully saturated rings. The van der Waals surface area contributed by atoms with Crippen LogP contribution >= 0.6 is 11.8 Å². The van der Waals surface area contributed by atoms with Gasteiger partial charge in [0.2, 0.25) is 0 Å². The highest BCUT2D eigenvalue weighted by Crippen LogP contribution is 2.31. The third-order valence-electron chi connectivity index (χ3n) is 4.13. The van der Waals surface area contributed by atoms with Crippen LogP contribution in [0.1, 0.15) is 6.42 Å². The summed E-state index contributed by atoms with van der Waals surface area (Å²) in [6.45, 7) is 1.09. The van der Waals surface area contributed by atoms with Crippen LogP contribution in [0, 0.1) is 0 Å². The van der Waals surface area contributed by atoms with Crippen molar-refractivity contribution in [1.82, 2.24) is 4.57 Å². The minimum absolute atomic E-state index is 0. The lowest BCUT2D eigenvalue weighted by atomic mass is 10.1. The number of hydrogen-bond acceptors (Lipinski definition) is 2. The first-order valence-corrected chi connectivity index (χ1v) is 8.83. The van der Waals surface area contributed by atoms with Crippen molar-refractivity contribution >= 4 is 11.8 Å². The van der Waals surface area contributed by atoms with E-state index in [-0.39, 0.29) is 17.0 Å². The van der Waals surface area contributed by atoms with E-state index in [9.17, 15) is 0 Å². The van der Waals surface area contributed by atoms with Gasteiger partial charge in [0, 0.05) is 11.3 Å². The van der Waals surface area contributed by atoms with Crippen LogP contribution in [0.4, 0.5) is 0 Å². The Hall–Kier alpha value is -1.72. The molecule has 0 spiro atoms. The van der Waals surface area contributed by atoms with Gasteiger partial charge in [-0.3, -0.25) is 0 Å². The monoisotopic (exact) mass is 402 g/mol. The Bertz CT molecular complexity index is 815. The quantitative estimate of drug-likeness (QED) is 0.606. The fourth-order valence-corrected chi connectivity index (χ4v) is 4.09. The normalized spacial score (nSPS) is 13.0. The highest BCUT2D eigenvalue weighted by Gasteiger charge is 2.28. The Morgan fingerprint density at radius 1 is 1.04 bits per heavy atom. The third-order valence-corrected chi connectivity index (χ3v) is 5.30. The van der Waals surface area contributed by atoms with Crippen molar-refractivity contribution < 1.29 is 26.3 Å². The number of ether oxygens (including phenoxy) is 1. The molecule has 24 heavy (non-hydrogen) atoms. The molecule has 1 aliphatic heterocycles. The number of aryl methyl sites for hydroxylation is 1. The Balaban J connectivity index is 0.00000169. The van der Waals surface area contributed by atoms with Gasteiger partial charge in [0.15, 0.2) is 5.69 Å². The summed E-state index contributed by atoms with van der Waals surface area (Å²) in [6.07, 6.45) is 3.50. The van der Waals surface area contributed by atoms with Crippen LogP contribution in [0.2, 0.25) is 0 Å². The molecule has 0 N–H and O–H groups in total. The second-order valence-electron chi connectivity index (χ2n) is 5.59. The van der Waals surface area contributed by atoms with Gasteiger partial charge in [0.25, 0.3) is 0 Å². The summed E-state index contributed by atoms with van der Waals surface area (Å²) in [5, 5.41) is 1.31. The molecule has 0 radical (unpaired) electrons. The molecule has 5 heteroatoms. The molecule has 0 bridgehead atoms. The zero-order valence-corrected chi connectivity index (χ0v) is 15.9. The first-order valence-electron chi connectivity index (χ1n) is 7.84. The summed E-state index contributed by atoms with van der Waals surface area (Å²) in [7, 11) is 1.70. The number of halogens is 1. The van der Waals surface area contributed by atoms with Crippen LogP contribution in [0.3, 0.4) is 0 Å². The van der Waals surface area contributed by atoms with Crippen LogP contribution < -0.4 is 26.3 Å². The minimum Gasteiger partial charge on any atom is -1.00 e. The van der Waals surface area contributed by atoms with Gasteiger partial charge in [-0.2, -0.15) is 4.57 Å². The standard InChI is InChI=1S/C19H19N2OS.BrH/c1-22-17-10-8-15(9-11-17)18-14-20-12-5-13-23-19(20)21(18)16-6-3-2-4-7-16;/h2-4,6-11,14H,5,12-13H2,1H3;1H/q+1;/p-1. The third kappa shape index (κ3) is 3.10. The Morgan fingerprint density at radius 3 is 2.50 bits per heavy atom. The second-order valence-corrected chi connectivity index (χ2v) is 6.65. The number of nitrogens with zero attached hydrogens (tertiary/aromatic N) is 2. The lowest BCUT2D eigenvalue weighted by Crippen LogP contribution is -3.00. The van der Waals surface area contributed by atoms with Gasteiger partial charge in [-0.15, -0.1) is 0 Å². The predicted octanol–water partition coefficient (Wildman–Crippen LogP) is 0.940. The summed E-state index contributed by atoms with van der Waals surface area (Å²) < 4.78 is 10.0. The zero-order chi connectivity index (χ0) is 15.6. The van der Waals surface area contributed by atoms with Gasteiger partial charge in [-0.05, 0) is 54.6 Å². The average Bonchev–Trinajstić information content (AvgIpc) is 3.02. The lowest BCUT2D eigenvalue weighted by Gasteiger charge is -2.09. The lowest BCUT2D eigenvalue weighted by molar-refractivity contribution is -0.734. The maximum atomic E-state index is 5.29. The first-order chi connectivity index (χ1) is 11.4. The van der Waals surface area contributed by atoms with E-state index in [1.807, 2.05) is 23.9 Å². The van der Waals surface area contributed by atoms with Gasteiger partial charge in [-0.25, -0.2) is 4.57 Å².